The molecule has 1 fully saturated rings. The summed E-state index contributed by atoms with van der Waals surface area (Å²) in [6.07, 6.45) is 2.23. The molecule has 0 N–H and O–H groups in total. The normalized spacial score (nSPS) is 22.5. The minimum absolute atomic E-state index is 0.0614. The lowest BCUT2D eigenvalue weighted by Crippen LogP contribution is -2.44. The Morgan fingerprint density at radius 1 is 1.18 bits per heavy atom. The second kappa shape index (κ2) is 4.83. The molecule has 0 radical (unpaired) electrons. The standard InChI is InChI=1S/C9H19NO5S2/c1-9(8-17(13,14)15-2)4-6-10(7-5-9)16(3,11)12/h4-8H2,1-3H3. The van der Waals surface area contributed by atoms with E-state index in [1.807, 2.05) is 6.92 Å². The second-order valence-corrected chi connectivity index (χ2v) is 8.56. The van der Waals surface area contributed by atoms with Gasteiger partial charge in [0.05, 0.1) is 19.1 Å². The van der Waals surface area contributed by atoms with Crippen LogP contribution in [0.25, 0.3) is 0 Å². The molecule has 1 aliphatic heterocycles. The maximum Gasteiger partial charge on any atom is 0.267 e. The Morgan fingerprint density at radius 3 is 2.00 bits per heavy atom. The van der Waals surface area contributed by atoms with Gasteiger partial charge in [0.2, 0.25) is 10.0 Å². The molecule has 0 atom stereocenters. The van der Waals surface area contributed by atoms with Crippen molar-refractivity contribution in [2.75, 3.05) is 32.2 Å². The molecule has 0 aliphatic carbocycles. The maximum atomic E-state index is 11.4. The quantitative estimate of drug-likeness (QED) is 0.680. The highest BCUT2D eigenvalue weighted by atomic mass is 32.2. The fourth-order valence-electron chi connectivity index (χ4n) is 1.99. The minimum atomic E-state index is -3.50. The van der Waals surface area contributed by atoms with Crippen LogP contribution in [0.5, 0.6) is 0 Å². The van der Waals surface area contributed by atoms with Crippen LogP contribution in [0.1, 0.15) is 19.8 Å². The average Bonchev–Trinajstić information content (AvgIpc) is 2.15. The predicted octanol–water partition coefficient (Wildman–Crippen LogP) is 0.0243. The third kappa shape index (κ3) is 4.20. The van der Waals surface area contributed by atoms with Crippen molar-refractivity contribution in [2.45, 2.75) is 19.8 Å². The lowest BCUT2D eigenvalue weighted by molar-refractivity contribution is 0.195. The van der Waals surface area contributed by atoms with Crippen LogP contribution in [-0.4, -0.2) is 53.3 Å². The largest absolute Gasteiger partial charge is 0.273 e. The Balaban J connectivity index is 2.68. The highest BCUT2D eigenvalue weighted by Gasteiger charge is 2.36. The summed E-state index contributed by atoms with van der Waals surface area (Å²) in [6, 6.07) is 0. The first-order chi connectivity index (χ1) is 7.58. The Labute approximate surface area is 103 Å². The summed E-state index contributed by atoms with van der Waals surface area (Å²) in [4.78, 5) is 0. The Morgan fingerprint density at radius 2 is 1.65 bits per heavy atom. The third-order valence-corrected chi connectivity index (χ3v) is 6.04. The van der Waals surface area contributed by atoms with Crippen molar-refractivity contribution >= 4 is 20.1 Å². The fraction of sp³-hybridized carbons (Fsp3) is 1.00. The molecule has 1 rings (SSSR count). The van der Waals surface area contributed by atoms with E-state index in [-0.39, 0.29) is 5.75 Å². The molecule has 1 saturated heterocycles. The average molecular weight is 285 g/mol. The van der Waals surface area contributed by atoms with E-state index in [2.05, 4.69) is 4.18 Å². The van der Waals surface area contributed by atoms with Gasteiger partial charge >= 0.3 is 0 Å². The predicted molar refractivity (Wildman–Crippen MR) is 64.6 cm³/mol. The number of nitrogens with zero attached hydrogens (tertiary/aromatic N) is 1. The summed E-state index contributed by atoms with van der Waals surface area (Å²) in [5.41, 5.74) is -0.407. The fourth-order valence-corrected chi connectivity index (χ4v) is 4.09. The minimum Gasteiger partial charge on any atom is -0.273 e. The number of sulfonamides is 1. The molecule has 1 aliphatic rings. The van der Waals surface area contributed by atoms with E-state index in [9.17, 15) is 16.8 Å². The van der Waals surface area contributed by atoms with E-state index in [4.69, 9.17) is 0 Å². The van der Waals surface area contributed by atoms with Gasteiger partial charge in [-0.25, -0.2) is 12.7 Å². The summed E-state index contributed by atoms with van der Waals surface area (Å²) in [5, 5.41) is 0. The van der Waals surface area contributed by atoms with Gasteiger partial charge in [0.25, 0.3) is 10.1 Å². The molecule has 0 aromatic carbocycles. The molecular formula is C9H19NO5S2. The van der Waals surface area contributed by atoms with Gasteiger partial charge in [-0.05, 0) is 18.3 Å². The summed E-state index contributed by atoms with van der Waals surface area (Å²) in [6.45, 7) is 2.59. The van der Waals surface area contributed by atoms with Crippen LogP contribution in [0.15, 0.2) is 0 Å². The molecule has 0 aromatic heterocycles. The van der Waals surface area contributed by atoms with Crippen molar-refractivity contribution in [2.24, 2.45) is 5.41 Å². The van der Waals surface area contributed by atoms with Gasteiger partial charge in [0.15, 0.2) is 0 Å². The van der Waals surface area contributed by atoms with Crippen molar-refractivity contribution < 1.29 is 21.0 Å². The second-order valence-electron chi connectivity index (χ2n) is 4.84. The molecule has 0 unspecified atom stereocenters. The zero-order valence-corrected chi connectivity index (χ0v) is 12.0. The summed E-state index contributed by atoms with van der Waals surface area (Å²) < 4.78 is 51.3. The zero-order chi connectivity index (χ0) is 13.3. The van der Waals surface area contributed by atoms with Crippen molar-refractivity contribution in [3.8, 4) is 0 Å². The first kappa shape index (κ1) is 14.9. The number of hydrogen-bond acceptors (Lipinski definition) is 5. The number of hydrogen-bond donors (Lipinski definition) is 0. The third-order valence-electron chi connectivity index (χ3n) is 3.18. The highest BCUT2D eigenvalue weighted by molar-refractivity contribution is 7.88. The lowest BCUT2D eigenvalue weighted by Gasteiger charge is -2.37. The topological polar surface area (TPSA) is 80.8 Å². The van der Waals surface area contributed by atoms with E-state index in [0.717, 1.165) is 7.11 Å². The van der Waals surface area contributed by atoms with Crippen LogP contribution in [0.4, 0.5) is 0 Å². The lowest BCUT2D eigenvalue weighted by atomic mass is 9.83. The molecule has 0 spiro atoms. The van der Waals surface area contributed by atoms with E-state index in [1.165, 1.54) is 10.6 Å². The Bertz CT molecular complexity index is 460. The van der Waals surface area contributed by atoms with Gasteiger partial charge in [-0.2, -0.15) is 8.42 Å². The first-order valence-corrected chi connectivity index (χ1v) is 8.74. The smallest absolute Gasteiger partial charge is 0.267 e. The van der Waals surface area contributed by atoms with Crippen LogP contribution in [0.3, 0.4) is 0 Å². The van der Waals surface area contributed by atoms with Crippen molar-refractivity contribution in [1.82, 2.24) is 4.31 Å². The van der Waals surface area contributed by atoms with E-state index in [1.54, 1.807) is 0 Å². The Hall–Kier alpha value is -0.180. The van der Waals surface area contributed by atoms with E-state index in [0.29, 0.717) is 25.9 Å². The van der Waals surface area contributed by atoms with Gasteiger partial charge in [-0.15, -0.1) is 0 Å². The zero-order valence-electron chi connectivity index (χ0n) is 10.3. The van der Waals surface area contributed by atoms with E-state index < -0.39 is 25.6 Å². The molecule has 0 amide bonds. The van der Waals surface area contributed by atoms with Gasteiger partial charge in [-0.1, -0.05) is 6.92 Å². The van der Waals surface area contributed by atoms with E-state index >= 15 is 0 Å². The van der Waals surface area contributed by atoms with Gasteiger partial charge in [0.1, 0.15) is 0 Å². The van der Waals surface area contributed by atoms with Crippen molar-refractivity contribution in [1.29, 1.82) is 0 Å². The summed E-state index contributed by atoms with van der Waals surface area (Å²) in [7, 11) is -5.53. The molecular weight excluding hydrogens is 266 g/mol. The number of piperidine rings is 1. The van der Waals surface area contributed by atoms with Gasteiger partial charge < -0.3 is 0 Å². The molecule has 17 heavy (non-hydrogen) atoms. The summed E-state index contributed by atoms with van der Waals surface area (Å²) in [5.74, 6) is -0.0614. The molecule has 0 saturated carbocycles. The highest BCUT2D eigenvalue weighted by Crippen LogP contribution is 2.33. The Kier molecular flexibility index (Phi) is 4.23. The molecule has 1 heterocycles. The van der Waals surface area contributed by atoms with Crippen LogP contribution >= 0.6 is 0 Å². The number of rotatable bonds is 4. The van der Waals surface area contributed by atoms with Crippen LogP contribution < -0.4 is 0 Å². The molecule has 102 valence electrons. The van der Waals surface area contributed by atoms with Crippen molar-refractivity contribution in [3.63, 3.8) is 0 Å². The van der Waals surface area contributed by atoms with Gasteiger partial charge in [0, 0.05) is 13.1 Å². The molecule has 8 heteroatoms. The maximum absolute atomic E-state index is 11.4. The van der Waals surface area contributed by atoms with Gasteiger partial charge in [-0.3, -0.25) is 4.18 Å². The van der Waals surface area contributed by atoms with Crippen LogP contribution in [-0.2, 0) is 24.3 Å². The van der Waals surface area contributed by atoms with Crippen molar-refractivity contribution in [3.05, 3.63) is 0 Å². The monoisotopic (exact) mass is 285 g/mol. The molecule has 6 nitrogen and oxygen atoms in total. The first-order valence-electron chi connectivity index (χ1n) is 5.31. The molecule has 0 bridgehead atoms. The van der Waals surface area contributed by atoms with Crippen LogP contribution in [0, 0.1) is 5.41 Å². The SMILES string of the molecule is COS(=O)(=O)CC1(C)CCN(S(C)(=O)=O)CC1. The molecule has 0 aromatic rings. The summed E-state index contributed by atoms with van der Waals surface area (Å²) >= 11 is 0. The van der Waals surface area contributed by atoms with Crippen LogP contribution in [0.2, 0.25) is 0 Å².